The van der Waals surface area contributed by atoms with Crippen molar-refractivity contribution >= 4 is 0 Å². The molecule has 1 aliphatic rings. The molecule has 0 aliphatic carbocycles. The van der Waals surface area contributed by atoms with Crippen LogP contribution < -0.4 is 5.32 Å². The normalized spacial score (nSPS) is 24.3. The average molecular weight is 150 g/mol. The second-order valence-electron chi connectivity index (χ2n) is 3.22. The Bertz CT molecular complexity index is 233. The Hall–Kier alpha value is -0.760. The number of aromatic amines is 1. The molecule has 1 aliphatic heterocycles. The van der Waals surface area contributed by atoms with Crippen molar-refractivity contribution < 1.29 is 0 Å². The molecule has 0 bridgehead atoms. The van der Waals surface area contributed by atoms with E-state index in [2.05, 4.69) is 23.3 Å². The summed E-state index contributed by atoms with van der Waals surface area (Å²) in [5.74, 6) is 0. The smallest absolute Gasteiger partial charge is 0.0476 e. The van der Waals surface area contributed by atoms with Gasteiger partial charge in [0.2, 0.25) is 0 Å². The predicted molar refractivity (Wildman–Crippen MR) is 45.5 cm³/mol. The zero-order valence-corrected chi connectivity index (χ0v) is 6.85. The summed E-state index contributed by atoms with van der Waals surface area (Å²) in [7, 11) is 0. The highest BCUT2D eigenvalue weighted by atomic mass is 15.0. The van der Waals surface area contributed by atoms with E-state index in [-0.39, 0.29) is 0 Å². The minimum atomic E-state index is 0.588. The van der Waals surface area contributed by atoms with Gasteiger partial charge in [-0.3, -0.25) is 0 Å². The predicted octanol–water partition coefficient (Wildman–Crippen LogP) is 1.75. The van der Waals surface area contributed by atoms with Crippen LogP contribution in [0.3, 0.4) is 0 Å². The maximum Gasteiger partial charge on any atom is 0.0476 e. The fraction of sp³-hybridized carbons (Fsp3) is 0.556. The van der Waals surface area contributed by atoms with E-state index in [0.29, 0.717) is 6.04 Å². The van der Waals surface area contributed by atoms with Crippen LogP contribution in [0.2, 0.25) is 0 Å². The monoisotopic (exact) mass is 150 g/mol. The third kappa shape index (κ3) is 1.18. The van der Waals surface area contributed by atoms with Crippen molar-refractivity contribution in [1.82, 2.24) is 10.3 Å². The molecule has 0 amide bonds. The molecule has 60 valence electrons. The first-order valence-electron chi connectivity index (χ1n) is 4.25. The number of nitrogens with one attached hydrogen (secondary N) is 2. The first kappa shape index (κ1) is 6.92. The lowest BCUT2D eigenvalue weighted by molar-refractivity contribution is 0.628. The van der Waals surface area contributed by atoms with Crippen LogP contribution in [0.1, 0.15) is 30.1 Å². The van der Waals surface area contributed by atoms with Gasteiger partial charge in [0.05, 0.1) is 0 Å². The summed E-state index contributed by atoms with van der Waals surface area (Å²) in [5.41, 5.74) is 2.76. The second kappa shape index (κ2) is 2.70. The highest BCUT2D eigenvalue weighted by Crippen LogP contribution is 2.23. The minimum absolute atomic E-state index is 0.588. The van der Waals surface area contributed by atoms with Gasteiger partial charge in [0.1, 0.15) is 0 Å². The number of rotatable bonds is 1. The summed E-state index contributed by atoms with van der Waals surface area (Å²) in [6.45, 7) is 3.33. The number of hydrogen-bond donors (Lipinski definition) is 2. The van der Waals surface area contributed by atoms with Gasteiger partial charge in [-0.25, -0.2) is 0 Å². The molecule has 0 unspecified atom stereocenters. The zero-order valence-electron chi connectivity index (χ0n) is 6.85. The standard InChI is InChI=1S/C9H14N2/c1-7-4-6-11-9(7)8-3-2-5-10-8/h4,6,8,10-11H,2-3,5H2,1H3/t8-/m0/s1. The van der Waals surface area contributed by atoms with Crippen LogP contribution in [0.5, 0.6) is 0 Å². The third-order valence-corrected chi connectivity index (χ3v) is 2.41. The lowest BCUT2D eigenvalue weighted by atomic mass is 10.1. The van der Waals surface area contributed by atoms with E-state index < -0.39 is 0 Å². The quantitative estimate of drug-likeness (QED) is 0.627. The van der Waals surface area contributed by atoms with Crippen LogP contribution in [0.25, 0.3) is 0 Å². The van der Waals surface area contributed by atoms with E-state index in [1.54, 1.807) is 0 Å². The van der Waals surface area contributed by atoms with Crippen LogP contribution in [-0.4, -0.2) is 11.5 Å². The molecule has 1 aromatic heterocycles. The summed E-state index contributed by atoms with van der Waals surface area (Å²) >= 11 is 0. The summed E-state index contributed by atoms with van der Waals surface area (Å²) < 4.78 is 0. The van der Waals surface area contributed by atoms with Crippen molar-refractivity contribution in [3.8, 4) is 0 Å². The molecule has 11 heavy (non-hydrogen) atoms. The first-order valence-corrected chi connectivity index (χ1v) is 4.25. The van der Waals surface area contributed by atoms with Crippen LogP contribution in [0, 0.1) is 6.92 Å². The minimum Gasteiger partial charge on any atom is -0.363 e. The molecule has 0 aromatic carbocycles. The summed E-state index contributed by atoms with van der Waals surface area (Å²) in [4.78, 5) is 3.28. The van der Waals surface area contributed by atoms with E-state index in [1.165, 1.54) is 30.6 Å². The number of aromatic nitrogens is 1. The number of aryl methyl sites for hydroxylation is 1. The molecular formula is C9H14N2. The van der Waals surface area contributed by atoms with Crippen molar-refractivity contribution in [2.75, 3.05) is 6.54 Å². The van der Waals surface area contributed by atoms with E-state index in [9.17, 15) is 0 Å². The van der Waals surface area contributed by atoms with Crippen molar-refractivity contribution in [2.45, 2.75) is 25.8 Å². The van der Waals surface area contributed by atoms with Crippen LogP contribution in [0.15, 0.2) is 12.3 Å². The molecule has 0 saturated carbocycles. The Morgan fingerprint density at radius 1 is 1.55 bits per heavy atom. The fourth-order valence-electron chi connectivity index (χ4n) is 1.77. The Morgan fingerprint density at radius 2 is 2.45 bits per heavy atom. The molecule has 1 fully saturated rings. The summed E-state index contributed by atoms with van der Waals surface area (Å²) in [6.07, 6.45) is 4.61. The second-order valence-corrected chi connectivity index (χ2v) is 3.22. The molecular weight excluding hydrogens is 136 g/mol. The molecule has 2 rings (SSSR count). The zero-order chi connectivity index (χ0) is 7.68. The largest absolute Gasteiger partial charge is 0.363 e. The van der Waals surface area contributed by atoms with E-state index in [1.807, 2.05) is 6.20 Å². The van der Waals surface area contributed by atoms with Crippen molar-refractivity contribution in [1.29, 1.82) is 0 Å². The molecule has 2 heterocycles. The van der Waals surface area contributed by atoms with E-state index in [0.717, 1.165) is 0 Å². The average Bonchev–Trinajstić information content (AvgIpc) is 2.55. The first-order chi connectivity index (χ1) is 5.38. The molecule has 1 aromatic rings. The molecule has 0 spiro atoms. The van der Waals surface area contributed by atoms with Crippen molar-refractivity contribution in [3.63, 3.8) is 0 Å². The Kier molecular flexibility index (Phi) is 1.70. The highest BCUT2D eigenvalue weighted by Gasteiger charge is 2.17. The lowest BCUT2D eigenvalue weighted by Gasteiger charge is -2.08. The molecule has 0 radical (unpaired) electrons. The van der Waals surface area contributed by atoms with Crippen molar-refractivity contribution in [3.05, 3.63) is 23.5 Å². The third-order valence-electron chi connectivity index (χ3n) is 2.41. The Morgan fingerprint density at radius 3 is 3.00 bits per heavy atom. The van der Waals surface area contributed by atoms with Crippen LogP contribution in [-0.2, 0) is 0 Å². The van der Waals surface area contributed by atoms with Gasteiger partial charge in [0, 0.05) is 17.9 Å². The van der Waals surface area contributed by atoms with Gasteiger partial charge in [0.25, 0.3) is 0 Å². The van der Waals surface area contributed by atoms with E-state index in [4.69, 9.17) is 0 Å². The van der Waals surface area contributed by atoms with Gasteiger partial charge in [0.15, 0.2) is 0 Å². The molecule has 2 heteroatoms. The topological polar surface area (TPSA) is 27.8 Å². The van der Waals surface area contributed by atoms with Gasteiger partial charge >= 0.3 is 0 Å². The number of hydrogen-bond acceptors (Lipinski definition) is 1. The molecule has 1 saturated heterocycles. The fourth-order valence-corrected chi connectivity index (χ4v) is 1.77. The highest BCUT2D eigenvalue weighted by molar-refractivity contribution is 5.22. The maximum atomic E-state index is 3.47. The Balaban J connectivity index is 2.21. The Labute approximate surface area is 67.0 Å². The van der Waals surface area contributed by atoms with Gasteiger partial charge in [-0.15, -0.1) is 0 Å². The van der Waals surface area contributed by atoms with E-state index >= 15 is 0 Å². The molecule has 1 atom stereocenters. The molecule has 2 nitrogen and oxygen atoms in total. The number of H-pyrrole nitrogens is 1. The van der Waals surface area contributed by atoms with Gasteiger partial charge in [-0.1, -0.05) is 0 Å². The van der Waals surface area contributed by atoms with Gasteiger partial charge in [-0.2, -0.15) is 0 Å². The maximum absolute atomic E-state index is 3.47. The summed E-state index contributed by atoms with van der Waals surface area (Å²) in [5, 5.41) is 3.47. The van der Waals surface area contributed by atoms with Gasteiger partial charge < -0.3 is 10.3 Å². The molecule has 2 N–H and O–H groups in total. The summed E-state index contributed by atoms with van der Waals surface area (Å²) in [6, 6.07) is 2.72. The van der Waals surface area contributed by atoms with Crippen LogP contribution in [0.4, 0.5) is 0 Å². The lowest BCUT2D eigenvalue weighted by Crippen LogP contribution is -2.13. The SMILES string of the molecule is Cc1cc[nH]c1[C@@H]1CCCN1. The van der Waals surface area contributed by atoms with Crippen molar-refractivity contribution in [2.24, 2.45) is 0 Å². The van der Waals surface area contributed by atoms with Gasteiger partial charge in [-0.05, 0) is 37.9 Å². The van der Waals surface area contributed by atoms with Crippen LogP contribution >= 0.6 is 0 Å².